The van der Waals surface area contributed by atoms with E-state index in [0.717, 1.165) is 32.1 Å². The third kappa shape index (κ3) is 12.9. The fourth-order valence-electron chi connectivity index (χ4n) is 8.36. The number of rotatable bonds is 20. The van der Waals surface area contributed by atoms with E-state index in [1.165, 1.54) is 0 Å². The van der Waals surface area contributed by atoms with Crippen LogP contribution < -0.4 is 0 Å². The molecule has 0 saturated carbocycles. The van der Waals surface area contributed by atoms with Crippen LogP contribution in [0.1, 0.15) is 139 Å². The van der Waals surface area contributed by atoms with Crippen LogP contribution >= 0.6 is 0 Å². The second-order valence-electron chi connectivity index (χ2n) is 16.7. The molecule has 54 heavy (non-hydrogen) atoms. The first-order valence-electron chi connectivity index (χ1n) is 20.7. The Hall–Kier alpha value is -2.32. The van der Waals surface area contributed by atoms with E-state index in [1.807, 2.05) is 48.5 Å². The van der Waals surface area contributed by atoms with Crippen LogP contribution in [0.25, 0.3) is 0 Å². The van der Waals surface area contributed by atoms with Gasteiger partial charge in [-0.25, -0.2) is 0 Å². The lowest BCUT2D eigenvalue weighted by molar-refractivity contribution is -0.161. The molecule has 4 aliphatic rings. The summed E-state index contributed by atoms with van der Waals surface area (Å²) in [6, 6.07) is 0. The van der Waals surface area contributed by atoms with E-state index < -0.39 is 29.6 Å². The number of hydrogen-bond acceptors (Lipinski definition) is 12. The van der Waals surface area contributed by atoms with Gasteiger partial charge in [-0.15, -0.1) is 0 Å². The Morgan fingerprint density at radius 2 is 0.778 bits per heavy atom. The lowest BCUT2D eigenvalue weighted by Gasteiger charge is -2.25. The van der Waals surface area contributed by atoms with E-state index in [1.54, 1.807) is 6.92 Å². The van der Waals surface area contributed by atoms with Crippen LogP contribution in [0.5, 0.6) is 0 Å². The number of carboxylic acid groups (broad SMARTS) is 1. The fourth-order valence-corrected chi connectivity index (χ4v) is 8.36. The van der Waals surface area contributed by atoms with E-state index in [4.69, 9.17) is 33.2 Å². The highest BCUT2D eigenvalue weighted by Gasteiger charge is 2.40. The first-order chi connectivity index (χ1) is 25.5. The van der Waals surface area contributed by atoms with Crippen LogP contribution in [0.2, 0.25) is 0 Å². The summed E-state index contributed by atoms with van der Waals surface area (Å²) in [7, 11) is 0. The van der Waals surface area contributed by atoms with E-state index in [2.05, 4.69) is 0 Å². The van der Waals surface area contributed by atoms with Crippen molar-refractivity contribution < 1.29 is 62.5 Å². The molecule has 16 atom stereocenters. The molecule has 4 heterocycles. The number of aliphatic hydroxyl groups is 1. The highest BCUT2D eigenvalue weighted by molar-refractivity contribution is 5.74. The maximum Gasteiger partial charge on any atom is 0.311 e. The molecule has 0 bridgehead atoms. The molecule has 0 aromatic carbocycles. The first-order valence-corrected chi connectivity index (χ1v) is 20.7. The molecule has 310 valence electrons. The Labute approximate surface area is 321 Å². The second-order valence-corrected chi connectivity index (χ2v) is 16.7. The van der Waals surface area contributed by atoms with Crippen molar-refractivity contribution in [1.29, 1.82) is 0 Å². The van der Waals surface area contributed by atoms with Gasteiger partial charge in [0.05, 0.1) is 78.6 Å². The van der Waals surface area contributed by atoms with E-state index in [-0.39, 0.29) is 91.2 Å². The van der Waals surface area contributed by atoms with E-state index in [9.17, 15) is 29.4 Å². The number of carbonyl (C=O) groups is 4. The predicted octanol–water partition coefficient (Wildman–Crippen LogP) is 5.93. The van der Waals surface area contributed by atoms with Gasteiger partial charge in [0.1, 0.15) is 18.3 Å². The van der Waals surface area contributed by atoms with Crippen molar-refractivity contribution in [3.8, 4) is 0 Å². The number of carboxylic acids is 1. The molecule has 4 fully saturated rings. The largest absolute Gasteiger partial charge is 0.481 e. The molecule has 0 unspecified atom stereocenters. The summed E-state index contributed by atoms with van der Waals surface area (Å²) in [5.41, 5.74) is 0. The van der Waals surface area contributed by atoms with Crippen molar-refractivity contribution >= 4 is 23.9 Å². The fraction of sp³-hybridized carbons (Fsp3) is 0.902. The van der Waals surface area contributed by atoms with Gasteiger partial charge in [-0.1, -0.05) is 6.92 Å². The molecule has 0 aliphatic carbocycles. The Bertz CT molecular complexity index is 1230. The van der Waals surface area contributed by atoms with Crippen molar-refractivity contribution in [2.45, 2.75) is 212 Å². The maximum atomic E-state index is 13.1. The van der Waals surface area contributed by atoms with Gasteiger partial charge in [0, 0.05) is 19.3 Å². The lowest BCUT2D eigenvalue weighted by Crippen LogP contribution is -2.33. The molecule has 4 rings (SSSR count). The van der Waals surface area contributed by atoms with Crippen LogP contribution in [0.4, 0.5) is 0 Å². The molecule has 0 amide bonds. The standard InChI is InChI=1S/C41H68O13/c1-9-29(42)21-33-13-17-37(54-33)28(8)41(47)50-24(4)20-32-12-16-36(53-32)27(7)40(46)49-23(3)19-31-11-15-35(52-31)26(6)39(45)48-22(2)18-30-10-14-34(51-30)25(5)38(43)44/h22-37,42H,9-21H2,1-8H3,(H,43,44)/t22-,23-,24-,25-,26+,27+,28+,29+,30+,31+,32+,33+,34-,35-,36-,37-/m1/s1. The molecule has 0 radical (unpaired) electrons. The van der Waals surface area contributed by atoms with Gasteiger partial charge in [0.25, 0.3) is 0 Å². The van der Waals surface area contributed by atoms with Gasteiger partial charge >= 0.3 is 23.9 Å². The van der Waals surface area contributed by atoms with Gasteiger partial charge < -0.3 is 43.4 Å². The molecule has 4 saturated heterocycles. The van der Waals surface area contributed by atoms with Gasteiger partial charge in [-0.3, -0.25) is 19.2 Å². The number of carbonyl (C=O) groups excluding carboxylic acids is 3. The number of aliphatic carboxylic acids is 1. The molecule has 2 N–H and O–H groups in total. The molecule has 0 aromatic heterocycles. The molecular weight excluding hydrogens is 700 g/mol. The SMILES string of the molecule is CC[C@H](O)C[C@@H]1CC[C@H]([C@H](C)C(=O)O[C@H](C)C[C@@H]2CC[C@H]([C@H](C)C(=O)O[C@H](C)C[C@@H]3CC[C@H]([C@H](C)C(=O)O[C@H](C)C[C@@H]4CC[C@H]([C@@H](C)C(=O)O)O4)O3)O2)O1. The summed E-state index contributed by atoms with van der Waals surface area (Å²) in [4.78, 5) is 50.3. The topological polar surface area (TPSA) is 173 Å². The van der Waals surface area contributed by atoms with Gasteiger partial charge in [0.2, 0.25) is 0 Å². The third-order valence-corrected chi connectivity index (χ3v) is 12.0. The zero-order chi connectivity index (χ0) is 39.7. The van der Waals surface area contributed by atoms with Crippen LogP contribution in [-0.4, -0.2) is 107 Å². The molecule has 4 aliphatic heterocycles. The summed E-state index contributed by atoms with van der Waals surface area (Å²) in [5.74, 6) is -3.69. The minimum absolute atomic E-state index is 0.0273. The van der Waals surface area contributed by atoms with Crippen LogP contribution in [-0.2, 0) is 52.3 Å². The van der Waals surface area contributed by atoms with Crippen molar-refractivity contribution in [2.75, 3.05) is 0 Å². The predicted molar refractivity (Wildman–Crippen MR) is 197 cm³/mol. The second kappa shape index (κ2) is 20.7. The first kappa shape index (κ1) is 44.4. The normalized spacial score (nSPS) is 32.9. The monoisotopic (exact) mass is 768 g/mol. The van der Waals surface area contributed by atoms with Crippen LogP contribution in [0.3, 0.4) is 0 Å². The third-order valence-electron chi connectivity index (χ3n) is 12.0. The Balaban J connectivity index is 1.10. The number of esters is 3. The smallest absolute Gasteiger partial charge is 0.311 e. The average molecular weight is 769 g/mol. The summed E-state index contributed by atoms with van der Waals surface area (Å²) >= 11 is 0. The Kier molecular flexibility index (Phi) is 17.0. The van der Waals surface area contributed by atoms with Gasteiger partial charge in [-0.2, -0.15) is 0 Å². The minimum atomic E-state index is -0.872. The lowest BCUT2D eigenvalue weighted by atomic mass is 10.0. The van der Waals surface area contributed by atoms with Gasteiger partial charge in [-0.05, 0) is 113 Å². The average Bonchev–Trinajstić information content (AvgIpc) is 3.95. The molecule has 13 nitrogen and oxygen atoms in total. The summed E-state index contributed by atoms with van der Waals surface area (Å²) < 4.78 is 41.8. The van der Waals surface area contributed by atoms with Crippen molar-refractivity contribution in [1.82, 2.24) is 0 Å². The number of ether oxygens (including phenoxy) is 7. The highest BCUT2D eigenvalue weighted by atomic mass is 16.6. The van der Waals surface area contributed by atoms with Crippen molar-refractivity contribution in [3.05, 3.63) is 0 Å². The van der Waals surface area contributed by atoms with Crippen molar-refractivity contribution in [3.63, 3.8) is 0 Å². The summed E-state index contributed by atoms with van der Waals surface area (Å²) in [6.45, 7) is 14.6. The van der Waals surface area contributed by atoms with E-state index >= 15 is 0 Å². The molecule has 13 heteroatoms. The molecule has 0 spiro atoms. The zero-order valence-corrected chi connectivity index (χ0v) is 33.8. The molecule has 0 aromatic rings. The summed E-state index contributed by atoms with van der Waals surface area (Å²) in [6.07, 6.45) is 5.80. The zero-order valence-electron chi connectivity index (χ0n) is 33.8. The highest BCUT2D eigenvalue weighted by Crippen LogP contribution is 2.34. The van der Waals surface area contributed by atoms with Crippen LogP contribution in [0, 0.1) is 23.7 Å². The van der Waals surface area contributed by atoms with Crippen LogP contribution in [0.15, 0.2) is 0 Å². The quantitative estimate of drug-likeness (QED) is 0.110. The Morgan fingerprint density at radius 3 is 1.06 bits per heavy atom. The number of aliphatic hydroxyl groups excluding tert-OH is 1. The summed E-state index contributed by atoms with van der Waals surface area (Å²) in [5, 5.41) is 19.2. The Morgan fingerprint density at radius 1 is 0.500 bits per heavy atom. The molecular formula is C41H68O13. The van der Waals surface area contributed by atoms with E-state index in [0.29, 0.717) is 51.4 Å². The maximum absolute atomic E-state index is 13.1. The minimum Gasteiger partial charge on any atom is -0.481 e. The number of hydrogen-bond donors (Lipinski definition) is 2. The van der Waals surface area contributed by atoms with Crippen molar-refractivity contribution in [2.24, 2.45) is 23.7 Å². The van der Waals surface area contributed by atoms with Gasteiger partial charge in [0.15, 0.2) is 0 Å².